The maximum Gasteiger partial charge on any atom is 0.0696 e. The molecule has 1 N–H and O–H groups in total. The van der Waals surface area contributed by atoms with Crippen LogP contribution in [0.5, 0.6) is 0 Å². The highest BCUT2D eigenvalue weighted by atomic mass is 32.1. The number of benzene rings is 2. The molecule has 1 nitrogen and oxygen atoms in total. The molecule has 0 spiro atoms. The summed E-state index contributed by atoms with van der Waals surface area (Å²) in [7, 11) is 0. The van der Waals surface area contributed by atoms with Gasteiger partial charge in [0.15, 0.2) is 0 Å². The number of fused-ring (bicyclic) bond motifs is 2. The highest BCUT2D eigenvalue weighted by Crippen LogP contribution is 2.46. The first-order valence-electron chi connectivity index (χ1n) is 8.33. The minimum Gasteiger partial charge on any atom is -0.300 e. The van der Waals surface area contributed by atoms with Crippen molar-refractivity contribution in [1.29, 1.82) is 5.41 Å². The van der Waals surface area contributed by atoms with Crippen LogP contribution >= 0.6 is 11.3 Å². The van der Waals surface area contributed by atoms with Gasteiger partial charge >= 0.3 is 0 Å². The fourth-order valence-electron chi connectivity index (χ4n) is 4.08. The van der Waals surface area contributed by atoms with Crippen LogP contribution in [0.15, 0.2) is 41.8 Å². The molecule has 0 bridgehead atoms. The van der Waals surface area contributed by atoms with Crippen molar-refractivity contribution >= 4 is 17.0 Å². The van der Waals surface area contributed by atoms with E-state index in [0.717, 1.165) is 11.1 Å². The second kappa shape index (κ2) is 5.42. The van der Waals surface area contributed by atoms with Gasteiger partial charge in [0, 0.05) is 21.9 Å². The van der Waals surface area contributed by atoms with Crippen LogP contribution < -0.4 is 0 Å². The maximum absolute atomic E-state index is 8.95. The van der Waals surface area contributed by atoms with Crippen LogP contribution in [0, 0.1) is 33.1 Å². The summed E-state index contributed by atoms with van der Waals surface area (Å²) in [6.07, 6.45) is 0. The molecule has 0 amide bonds. The Balaban J connectivity index is 2.17. The molecule has 2 aromatic carbocycles. The van der Waals surface area contributed by atoms with Crippen LogP contribution in [0.3, 0.4) is 0 Å². The second-order valence-corrected chi connectivity index (χ2v) is 7.78. The van der Waals surface area contributed by atoms with E-state index in [1.54, 1.807) is 0 Å². The van der Waals surface area contributed by atoms with E-state index in [9.17, 15) is 0 Å². The highest BCUT2D eigenvalue weighted by molar-refractivity contribution is 7.10. The quantitative estimate of drug-likeness (QED) is 0.449. The molecular weight excluding hydrogens is 310 g/mol. The second-order valence-electron chi connectivity index (χ2n) is 6.80. The first kappa shape index (κ1) is 15.3. The molecule has 1 aromatic heterocycles. The fourth-order valence-corrected chi connectivity index (χ4v) is 4.93. The molecule has 2 heteroatoms. The van der Waals surface area contributed by atoms with Crippen molar-refractivity contribution in [2.45, 2.75) is 33.6 Å². The zero-order valence-electron chi connectivity index (χ0n) is 14.5. The predicted molar refractivity (Wildman–Crippen MR) is 103 cm³/mol. The Morgan fingerprint density at radius 1 is 0.750 bits per heavy atom. The lowest BCUT2D eigenvalue weighted by Crippen LogP contribution is -2.24. The summed E-state index contributed by atoms with van der Waals surface area (Å²) >= 11 is 1.82. The van der Waals surface area contributed by atoms with Gasteiger partial charge in [-0.1, -0.05) is 30.3 Å². The van der Waals surface area contributed by atoms with Gasteiger partial charge in [-0.2, -0.15) is 0 Å². The zero-order chi connectivity index (χ0) is 17.0. The average Bonchev–Trinajstić information content (AvgIpc) is 3.08. The molecule has 1 aliphatic carbocycles. The topological polar surface area (TPSA) is 23.9 Å². The average molecular weight is 331 g/mol. The van der Waals surface area contributed by atoms with Crippen molar-refractivity contribution < 1.29 is 0 Å². The van der Waals surface area contributed by atoms with Gasteiger partial charge in [-0.15, -0.1) is 11.3 Å². The van der Waals surface area contributed by atoms with Crippen LogP contribution in [0.4, 0.5) is 0 Å². The van der Waals surface area contributed by atoms with Crippen LogP contribution in [0.1, 0.15) is 55.3 Å². The summed E-state index contributed by atoms with van der Waals surface area (Å²) < 4.78 is 0. The molecule has 0 unspecified atom stereocenters. The van der Waals surface area contributed by atoms with Crippen LogP contribution in [-0.4, -0.2) is 5.71 Å². The van der Waals surface area contributed by atoms with E-state index in [-0.39, 0.29) is 5.92 Å². The van der Waals surface area contributed by atoms with E-state index >= 15 is 0 Å². The summed E-state index contributed by atoms with van der Waals surface area (Å²) in [5.41, 5.74) is 10.6. The Morgan fingerprint density at radius 2 is 1.25 bits per heavy atom. The minimum atomic E-state index is 0.240. The Hall–Kier alpha value is -2.19. The number of hydrogen-bond donors (Lipinski definition) is 1. The molecule has 0 aliphatic heterocycles. The maximum atomic E-state index is 8.95. The minimum absolute atomic E-state index is 0.240. The van der Waals surface area contributed by atoms with Gasteiger partial charge in [0.2, 0.25) is 0 Å². The molecule has 0 saturated carbocycles. The largest absolute Gasteiger partial charge is 0.300 e. The van der Waals surface area contributed by atoms with Gasteiger partial charge in [-0.25, -0.2) is 0 Å². The molecule has 0 radical (unpaired) electrons. The summed E-state index contributed by atoms with van der Waals surface area (Å²) in [6, 6.07) is 13.1. The highest BCUT2D eigenvalue weighted by Gasteiger charge is 2.34. The van der Waals surface area contributed by atoms with Crippen LogP contribution in [0.2, 0.25) is 0 Å². The van der Waals surface area contributed by atoms with E-state index in [0.29, 0.717) is 5.71 Å². The lowest BCUT2D eigenvalue weighted by atomic mass is 9.71. The van der Waals surface area contributed by atoms with Crippen molar-refractivity contribution in [3.05, 3.63) is 91.2 Å². The SMILES string of the molecule is Cc1ccc(C)c2c1C(=N)c1c(C)ccc(C)c1C2c1cccs1. The normalized spacial score (nSPS) is 16.0. The van der Waals surface area contributed by atoms with Gasteiger partial charge in [0.05, 0.1) is 5.71 Å². The first-order valence-corrected chi connectivity index (χ1v) is 9.21. The van der Waals surface area contributed by atoms with Crippen molar-refractivity contribution in [3.63, 3.8) is 0 Å². The third-order valence-electron chi connectivity index (χ3n) is 5.25. The molecule has 1 aliphatic rings. The molecule has 1 heterocycles. The van der Waals surface area contributed by atoms with Crippen LogP contribution in [0.25, 0.3) is 0 Å². The molecule has 0 fully saturated rings. The van der Waals surface area contributed by atoms with Gasteiger partial charge in [0.1, 0.15) is 0 Å². The summed E-state index contributed by atoms with van der Waals surface area (Å²) in [4.78, 5) is 1.37. The number of aryl methyl sites for hydroxylation is 4. The predicted octanol–water partition coefficient (Wildman–Crippen LogP) is 5.89. The van der Waals surface area contributed by atoms with E-state index in [4.69, 9.17) is 5.41 Å². The smallest absolute Gasteiger partial charge is 0.0696 e. The molecule has 0 atom stereocenters. The first-order chi connectivity index (χ1) is 11.5. The molecular formula is C22H21NS. The molecule has 120 valence electrons. The lowest BCUT2D eigenvalue weighted by Gasteiger charge is -2.33. The van der Waals surface area contributed by atoms with Crippen molar-refractivity contribution in [1.82, 2.24) is 0 Å². The zero-order valence-corrected chi connectivity index (χ0v) is 15.3. The molecule has 4 rings (SSSR count). The van der Waals surface area contributed by atoms with Gasteiger partial charge in [-0.05, 0) is 72.5 Å². The van der Waals surface area contributed by atoms with Crippen molar-refractivity contribution in [2.24, 2.45) is 0 Å². The fraction of sp³-hybridized carbons (Fsp3) is 0.227. The van der Waals surface area contributed by atoms with E-state index in [1.807, 2.05) is 11.3 Å². The third-order valence-corrected chi connectivity index (χ3v) is 6.19. The van der Waals surface area contributed by atoms with E-state index < -0.39 is 0 Å². The summed E-state index contributed by atoms with van der Waals surface area (Å²) in [5.74, 6) is 0.240. The molecule has 24 heavy (non-hydrogen) atoms. The van der Waals surface area contributed by atoms with Gasteiger partial charge < -0.3 is 0 Å². The molecule has 0 saturated heterocycles. The summed E-state index contributed by atoms with van der Waals surface area (Å²) in [6.45, 7) is 8.63. The molecule has 3 aromatic rings. The number of hydrogen-bond acceptors (Lipinski definition) is 2. The Labute approximate surface area is 147 Å². The summed E-state index contributed by atoms with van der Waals surface area (Å²) in [5, 5.41) is 11.1. The Morgan fingerprint density at radius 3 is 1.71 bits per heavy atom. The standard InChI is InChI=1S/C22H21NS/c1-12-7-9-14(3)19-17(12)21(16-6-5-11-24-16)18-13(2)8-10-15(4)20(18)22(19)23/h5-11,21,23H,1-4H3. The lowest BCUT2D eigenvalue weighted by molar-refractivity contribution is 0.940. The van der Waals surface area contributed by atoms with E-state index in [1.165, 1.54) is 38.3 Å². The van der Waals surface area contributed by atoms with Gasteiger partial charge in [-0.3, -0.25) is 5.41 Å². The third kappa shape index (κ3) is 2.03. The van der Waals surface area contributed by atoms with Crippen molar-refractivity contribution in [2.75, 3.05) is 0 Å². The van der Waals surface area contributed by atoms with E-state index in [2.05, 4.69) is 69.5 Å². The Bertz CT molecular complexity index is 903. The van der Waals surface area contributed by atoms with Crippen LogP contribution in [-0.2, 0) is 0 Å². The number of nitrogens with one attached hydrogen (secondary N) is 1. The Kier molecular flexibility index (Phi) is 3.47. The monoisotopic (exact) mass is 331 g/mol. The number of thiophene rings is 1. The van der Waals surface area contributed by atoms with Gasteiger partial charge in [0.25, 0.3) is 0 Å². The van der Waals surface area contributed by atoms with Crippen molar-refractivity contribution in [3.8, 4) is 0 Å². The number of rotatable bonds is 1.